The molecule has 4 aromatic rings. The van der Waals surface area contributed by atoms with Crippen LogP contribution in [0.15, 0.2) is 119 Å². The van der Waals surface area contributed by atoms with Crippen LogP contribution in [0.25, 0.3) is 0 Å². The third-order valence-corrected chi connectivity index (χ3v) is 11.6. The molecule has 0 bridgehead atoms. The fourth-order valence-corrected chi connectivity index (χ4v) is 9.85. The van der Waals surface area contributed by atoms with Crippen LogP contribution >= 0.6 is 0 Å². The van der Waals surface area contributed by atoms with Crippen LogP contribution in [-0.4, -0.2) is 38.7 Å². The van der Waals surface area contributed by atoms with E-state index in [1.165, 1.54) is 20.1 Å². The van der Waals surface area contributed by atoms with Crippen molar-refractivity contribution in [2.45, 2.75) is 0 Å². The van der Waals surface area contributed by atoms with E-state index in [0.717, 1.165) is 11.4 Å². The molecule has 0 saturated carbocycles. The predicted octanol–water partition coefficient (Wildman–Crippen LogP) is 4.46. The summed E-state index contributed by atoms with van der Waals surface area (Å²) in [5, 5.41) is 0. The molecule has 0 aliphatic heterocycles. The molecule has 146 valence electrons. The zero-order valence-corrected chi connectivity index (χ0v) is 19.7. The zero-order valence-electron chi connectivity index (χ0n) is 16.3. The summed E-state index contributed by atoms with van der Waals surface area (Å²) in [6, 6.07) is 37.4. The van der Waals surface area contributed by atoms with Gasteiger partial charge in [0.15, 0.2) is 0 Å². The van der Waals surface area contributed by atoms with Gasteiger partial charge in [0.2, 0.25) is 0 Å². The summed E-state index contributed by atoms with van der Waals surface area (Å²) >= 11 is 0.728. The Bertz CT molecular complexity index is 1050. The van der Waals surface area contributed by atoms with E-state index in [4.69, 9.17) is 0 Å². The Kier molecular flexibility index (Phi) is 7.44. The second kappa shape index (κ2) is 10.9. The number of hydrogen-bond donors (Lipinski definition) is 0. The molecule has 0 aliphatic carbocycles. The molecule has 0 aliphatic rings. The van der Waals surface area contributed by atoms with Gasteiger partial charge in [-0.3, -0.25) is 0 Å². The topological polar surface area (TPSA) is 24.7 Å². The Labute approximate surface area is 188 Å². The van der Waals surface area contributed by atoms with Crippen LogP contribution in [0.4, 0.5) is 11.4 Å². The standard InChI is InChI=1S/C26H20N2Se2/c1-3-13-23(14-4-1)27-19-21-11-7-9-17-25(21)29-30-26-18-10-8-12-22(26)20-28-24-15-5-2-6-16-24/h1-20H. The van der Waals surface area contributed by atoms with Crippen LogP contribution in [0, 0.1) is 0 Å². The van der Waals surface area contributed by atoms with E-state index in [1.807, 2.05) is 73.1 Å². The van der Waals surface area contributed by atoms with Gasteiger partial charge in [-0.2, -0.15) is 0 Å². The molecule has 0 heterocycles. The molecule has 0 atom stereocenters. The van der Waals surface area contributed by atoms with Gasteiger partial charge in [0.25, 0.3) is 0 Å². The van der Waals surface area contributed by atoms with Crippen molar-refractivity contribution in [1.29, 1.82) is 0 Å². The normalized spacial score (nSPS) is 11.3. The second-order valence-corrected chi connectivity index (χ2v) is 12.6. The van der Waals surface area contributed by atoms with Gasteiger partial charge in [-0.05, 0) is 0 Å². The number of hydrogen-bond acceptors (Lipinski definition) is 2. The van der Waals surface area contributed by atoms with Crippen LogP contribution in [0.3, 0.4) is 0 Å². The summed E-state index contributed by atoms with van der Waals surface area (Å²) in [4.78, 5) is 9.29. The molecule has 0 amide bonds. The third-order valence-electron chi connectivity index (χ3n) is 4.28. The third kappa shape index (κ3) is 5.88. The molecule has 0 unspecified atom stereocenters. The first-order valence-electron chi connectivity index (χ1n) is 9.59. The molecule has 0 N–H and O–H groups in total. The van der Waals surface area contributed by atoms with Crippen molar-refractivity contribution < 1.29 is 0 Å². The van der Waals surface area contributed by atoms with Crippen molar-refractivity contribution in [3.05, 3.63) is 120 Å². The SMILES string of the molecule is C(=Nc1ccccc1)c1ccccc1[Se][Se]c1ccccc1C=Nc1ccccc1. The van der Waals surface area contributed by atoms with Crippen molar-refractivity contribution in [2.75, 3.05) is 0 Å². The van der Waals surface area contributed by atoms with Crippen LogP contribution < -0.4 is 8.92 Å². The number of benzene rings is 4. The minimum absolute atomic E-state index is 0.364. The summed E-state index contributed by atoms with van der Waals surface area (Å²) in [5.74, 6) is 0. The molecule has 0 aromatic heterocycles. The first-order valence-corrected chi connectivity index (χ1v) is 15.6. The summed E-state index contributed by atoms with van der Waals surface area (Å²) < 4.78 is 2.78. The van der Waals surface area contributed by atoms with Crippen molar-refractivity contribution in [1.82, 2.24) is 0 Å². The maximum absolute atomic E-state index is 4.64. The minimum atomic E-state index is 0.364. The van der Waals surface area contributed by atoms with Crippen molar-refractivity contribution in [2.24, 2.45) is 9.98 Å². The summed E-state index contributed by atoms with van der Waals surface area (Å²) in [5.41, 5.74) is 4.37. The predicted molar refractivity (Wildman–Crippen MR) is 131 cm³/mol. The average Bonchev–Trinajstić information content (AvgIpc) is 2.82. The molecule has 0 spiro atoms. The molecule has 2 nitrogen and oxygen atoms in total. The number of para-hydroxylation sites is 2. The van der Waals surface area contributed by atoms with Gasteiger partial charge in [0.1, 0.15) is 0 Å². The van der Waals surface area contributed by atoms with Crippen LogP contribution in [-0.2, 0) is 0 Å². The molecular weight excluding hydrogens is 498 g/mol. The van der Waals surface area contributed by atoms with Crippen molar-refractivity contribution in [3.8, 4) is 0 Å². The number of rotatable bonds is 7. The van der Waals surface area contributed by atoms with E-state index >= 15 is 0 Å². The van der Waals surface area contributed by atoms with E-state index in [0.29, 0.717) is 26.3 Å². The Morgan fingerprint density at radius 2 is 0.800 bits per heavy atom. The van der Waals surface area contributed by atoms with Gasteiger partial charge >= 0.3 is 189 Å². The van der Waals surface area contributed by atoms with Gasteiger partial charge in [-0.25, -0.2) is 0 Å². The van der Waals surface area contributed by atoms with Crippen LogP contribution in [0.5, 0.6) is 0 Å². The monoisotopic (exact) mass is 520 g/mol. The number of nitrogens with zero attached hydrogens (tertiary/aromatic N) is 2. The van der Waals surface area contributed by atoms with Gasteiger partial charge in [0, 0.05) is 0 Å². The molecular formula is C26H20N2Se2. The zero-order chi connectivity index (χ0) is 20.4. The van der Waals surface area contributed by atoms with E-state index < -0.39 is 0 Å². The summed E-state index contributed by atoms with van der Waals surface area (Å²) in [7, 11) is 0. The molecule has 30 heavy (non-hydrogen) atoms. The Morgan fingerprint density at radius 3 is 1.23 bits per heavy atom. The van der Waals surface area contributed by atoms with E-state index in [-0.39, 0.29) is 0 Å². The van der Waals surface area contributed by atoms with Gasteiger partial charge < -0.3 is 0 Å². The molecule has 4 heteroatoms. The molecule has 0 saturated heterocycles. The van der Waals surface area contributed by atoms with Crippen LogP contribution in [0.1, 0.15) is 11.1 Å². The fourth-order valence-electron chi connectivity index (χ4n) is 2.73. The van der Waals surface area contributed by atoms with E-state index in [9.17, 15) is 0 Å². The van der Waals surface area contributed by atoms with Crippen LogP contribution in [0.2, 0.25) is 0 Å². The molecule has 0 fully saturated rings. The quantitative estimate of drug-likeness (QED) is 0.255. The van der Waals surface area contributed by atoms with Gasteiger partial charge in [-0.15, -0.1) is 0 Å². The van der Waals surface area contributed by atoms with E-state index in [1.54, 1.807) is 0 Å². The molecule has 0 radical (unpaired) electrons. The number of aliphatic imine (C=N–C) groups is 2. The van der Waals surface area contributed by atoms with Crippen molar-refractivity contribution in [3.63, 3.8) is 0 Å². The molecule has 4 aromatic carbocycles. The first kappa shape index (κ1) is 20.5. The fraction of sp³-hybridized carbons (Fsp3) is 0. The van der Waals surface area contributed by atoms with Crippen molar-refractivity contribution >= 4 is 59.0 Å². The summed E-state index contributed by atoms with van der Waals surface area (Å²) in [6.45, 7) is 0. The summed E-state index contributed by atoms with van der Waals surface area (Å²) in [6.07, 6.45) is 3.98. The first-order chi connectivity index (χ1) is 14.9. The Morgan fingerprint density at radius 1 is 0.433 bits per heavy atom. The average molecular weight is 518 g/mol. The second-order valence-electron chi connectivity index (χ2n) is 6.43. The maximum atomic E-state index is 4.64. The molecule has 4 rings (SSSR count). The Balaban J connectivity index is 1.49. The Hall–Kier alpha value is -2.74. The van der Waals surface area contributed by atoms with E-state index in [2.05, 4.69) is 58.5 Å². The van der Waals surface area contributed by atoms with Gasteiger partial charge in [-0.1, -0.05) is 0 Å². The van der Waals surface area contributed by atoms with Gasteiger partial charge in [0.05, 0.1) is 0 Å².